The molecule has 0 radical (unpaired) electrons. The van der Waals surface area contributed by atoms with Crippen LogP contribution in [-0.2, 0) is 20.0 Å². The van der Waals surface area contributed by atoms with Gasteiger partial charge in [0.15, 0.2) is 5.78 Å². The van der Waals surface area contributed by atoms with Crippen LogP contribution in [0.1, 0.15) is 23.1 Å². The van der Waals surface area contributed by atoms with Gasteiger partial charge in [0.1, 0.15) is 18.0 Å². The molecule has 0 unspecified atom stereocenters. The summed E-state index contributed by atoms with van der Waals surface area (Å²) in [5.74, 6) is 0.914. The lowest BCUT2D eigenvalue weighted by Crippen LogP contribution is -2.12. The summed E-state index contributed by atoms with van der Waals surface area (Å²) in [4.78, 5) is 16.1. The van der Waals surface area contributed by atoms with Crippen LogP contribution in [-0.4, -0.2) is 30.3 Å². The predicted octanol–water partition coefficient (Wildman–Crippen LogP) is 0.0391. The summed E-state index contributed by atoms with van der Waals surface area (Å²) in [6.45, 7) is 2.63. The van der Waals surface area contributed by atoms with E-state index in [2.05, 4.69) is 15.2 Å². The summed E-state index contributed by atoms with van der Waals surface area (Å²) >= 11 is 0. The molecule has 0 fully saturated rings. The highest BCUT2D eigenvalue weighted by molar-refractivity contribution is 6.00. The molecule has 0 aliphatic carbocycles. The van der Waals surface area contributed by atoms with Gasteiger partial charge in [-0.3, -0.25) is 9.48 Å². The third-order valence-corrected chi connectivity index (χ3v) is 2.60. The van der Waals surface area contributed by atoms with Crippen LogP contribution in [0, 0.1) is 0 Å². The van der Waals surface area contributed by atoms with Gasteiger partial charge in [-0.25, -0.2) is 9.67 Å². The van der Waals surface area contributed by atoms with E-state index in [1.807, 2.05) is 6.92 Å². The van der Waals surface area contributed by atoms with Gasteiger partial charge in [0.05, 0.1) is 18.2 Å². The maximum atomic E-state index is 12.0. The molecule has 2 aromatic heterocycles. The zero-order valence-corrected chi connectivity index (χ0v) is 9.79. The van der Waals surface area contributed by atoms with Crippen LogP contribution in [0.25, 0.3) is 0 Å². The largest absolute Gasteiger partial charge is 0.383 e. The highest BCUT2D eigenvalue weighted by Crippen LogP contribution is 2.12. The number of anilines is 1. The van der Waals surface area contributed by atoms with Crippen LogP contribution >= 0.6 is 0 Å². The molecule has 17 heavy (non-hydrogen) atoms. The molecule has 0 amide bonds. The van der Waals surface area contributed by atoms with Crippen molar-refractivity contribution in [2.45, 2.75) is 19.9 Å². The topological polar surface area (TPSA) is 91.6 Å². The molecule has 0 saturated heterocycles. The Hall–Kier alpha value is -2.18. The maximum absolute atomic E-state index is 12.0. The first-order valence-corrected chi connectivity index (χ1v) is 5.30. The number of nitrogens with two attached hydrogens (primary N) is 1. The second kappa shape index (κ2) is 4.36. The van der Waals surface area contributed by atoms with E-state index in [0.29, 0.717) is 23.8 Å². The molecule has 0 aromatic carbocycles. The van der Waals surface area contributed by atoms with Crippen LogP contribution in [0.4, 0.5) is 5.82 Å². The molecular formula is C10H14N6O. The van der Waals surface area contributed by atoms with E-state index in [-0.39, 0.29) is 12.2 Å². The van der Waals surface area contributed by atoms with Gasteiger partial charge in [0.25, 0.3) is 0 Å². The summed E-state index contributed by atoms with van der Waals surface area (Å²) in [7, 11) is 1.70. The molecule has 0 bridgehead atoms. The lowest BCUT2D eigenvalue weighted by Gasteiger charge is -2.02. The SMILES string of the molecule is CCn1ncnc1CC(=O)c1cnn(C)c1N. The summed E-state index contributed by atoms with van der Waals surface area (Å²) in [5, 5.41) is 7.95. The number of nitrogens with zero attached hydrogens (tertiary/aromatic N) is 5. The normalized spacial score (nSPS) is 10.7. The van der Waals surface area contributed by atoms with Crippen molar-refractivity contribution in [2.75, 3.05) is 5.73 Å². The summed E-state index contributed by atoms with van der Waals surface area (Å²) in [6.07, 6.45) is 3.10. The van der Waals surface area contributed by atoms with Crippen LogP contribution < -0.4 is 5.73 Å². The van der Waals surface area contributed by atoms with Crippen molar-refractivity contribution in [3.05, 3.63) is 23.9 Å². The molecule has 7 heteroatoms. The average molecular weight is 234 g/mol. The van der Waals surface area contributed by atoms with Crippen molar-refractivity contribution in [3.8, 4) is 0 Å². The van der Waals surface area contributed by atoms with Gasteiger partial charge in [-0.15, -0.1) is 0 Å². The van der Waals surface area contributed by atoms with E-state index < -0.39 is 0 Å². The maximum Gasteiger partial charge on any atom is 0.175 e. The van der Waals surface area contributed by atoms with Crippen molar-refractivity contribution in [1.29, 1.82) is 0 Å². The Morgan fingerprint density at radius 3 is 2.82 bits per heavy atom. The zero-order valence-electron chi connectivity index (χ0n) is 9.79. The smallest absolute Gasteiger partial charge is 0.175 e. The van der Waals surface area contributed by atoms with Crippen LogP contribution in [0.2, 0.25) is 0 Å². The van der Waals surface area contributed by atoms with Gasteiger partial charge in [-0.2, -0.15) is 10.2 Å². The minimum absolute atomic E-state index is 0.0988. The van der Waals surface area contributed by atoms with Crippen molar-refractivity contribution in [1.82, 2.24) is 24.5 Å². The molecule has 90 valence electrons. The van der Waals surface area contributed by atoms with E-state index >= 15 is 0 Å². The molecule has 2 heterocycles. The van der Waals surface area contributed by atoms with Gasteiger partial charge in [-0.05, 0) is 6.92 Å². The van der Waals surface area contributed by atoms with Crippen LogP contribution in [0.5, 0.6) is 0 Å². The number of hydrogen-bond donors (Lipinski definition) is 1. The minimum atomic E-state index is -0.0988. The van der Waals surface area contributed by atoms with Gasteiger partial charge in [0, 0.05) is 13.6 Å². The lowest BCUT2D eigenvalue weighted by molar-refractivity contribution is 0.0990. The van der Waals surface area contributed by atoms with Crippen molar-refractivity contribution < 1.29 is 4.79 Å². The van der Waals surface area contributed by atoms with E-state index in [1.54, 1.807) is 11.7 Å². The zero-order chi connectivity index (χ0) is 12.4. The van der Waals surface area contributed by atoms with E-state index in [0.717, 1.165) is 0 Å². The molecule has 2 aromatic rings. The number of nitrogen functional groups attached to an aromatic ring is 1. The lowest BCUT2D eigenvalue weighted by atomic mass is 10.1. The predicted molar refractivity (Wildman–Crippen MR) is 61.4 cm³/mol. The summed E-state index contributed by atoms with van der Waals surface area (Å²) in [5.41, 5.74) is 6.17. The standard InChI is InChI=1S/C10H14N6O/c1-3-16-9(12-6-14-16)4-8(17)7-5-13-15(2)10(7)11/h5-6H,3-4,11H2,1-2H3. The number of aromatic nitrogens is 5. The fourth-order valence-corrected chi connectivity index (χ4v) is 1.59. The van der Waals surface area contributed by atoms with Crippen molar-refractivity contribution >= 4 is 11.6 Å². The first kappa shape index (κ1) is 11.3. The van der Waals surface area contributed by atoms with E-state index in [1.165, 1.54) is 17.2 Å². The van der Waals surface area contributed by atoms with E-state index in [4.69, 9.17) is 5.73 Å². The first-order chi connectivity index (χ1) is 8.13. The molecule has 2 N–H and O–H groups in total. The Labute approximate surface area is 98.2 Å². The Balaban J connectivity index is 2.20. The van der Waals surface area contributed by atoms with Crippen molar-refractivity contribution in [2.24, 2.45) is 7.05 Å². The average Bonchev–Trinajstić information content (AvgIpc) is 2.87. The number of rotatable bonds is 4. The molecule has 0 aliphatic heterocycles. The molecule has 0 aliphatic rings. The highest BCUT2D eigenvalue weighted by Gasteiger charge is 2.16. The first-order valence-electron chi connectivity index (χ1n) is 5.30. The van der Waals surface area contributed by atoms with Gasteiger partial charge < -0.3 is 5.73 Å². The number of carbonyl (C=O) groups is 1. The minimum Gasteiger partial charge on any atom is -0.383 e. The van der Waals surface area contributed by atoms with Crippen LogP contribution in [0.15, 0.2) is 12.5 Å². The Kier molecular flexibility index (Phi) is 2.90. The Morgan fingerprint density at radius 1 is 1.47 bits per heavy atom. The molecule has 0 saturated carbocycles. The molecule has 0 atom stereocenters. The number of hydrogen-bond acceptors (Lipinski definition) is 5. The van der Waals surface area contributed by atoms with E-state index in [9.17, 15) is 4.79 Å². The summed E-state index contributed by atoms with van der Waals surface area (Å²) < 4.78 is 3.15. The van der Waals surface area contributed by atoms with Crippen LogP contribution in [0.3, 0.4) is 0 Å². The Morgan fingerprint density at radius 2 is 2.24 bits per heavy atom. The number of Topliss-reactive ketones (excluding diaryl/α,β-unsaturated/α-hetero) is 1. The van der Waals surface area contributed by atoms with Gasteiger partial charge >= 0.3 is 0 Å². The molecular weight excluding hydrogens is 220 g/mol. The quantitative estimate of drug-likeness (QED) is 0.754. The second-order valence-electron chi connectivity index (χ2n) is 3.66. The number of aryl methyl sites for hydroxylation is 2. The second-order valence-corrected chi connectivity index (χ2v) is 3.66. The third kappa shape index (κ3) is 2.03. The number of carbonyl (C=O) groups excluding carboxylic acids is 1. The summed E-state index contributed by atoms with van der Waals surface area (Å²) in [6, 6.07) is 0. The molecule has 7 nitrogen and oxygen atoms in total. The highest BCUT2D eigenvalue weighted by atomic mass is 16.1. The molecule has 0 spiro atoms. The van der Waals surface area contributed by atoms with Gasteiger partial charge in [0.2, 0.25) is 0 Å². The fourth-order valence-electron chi connectivity index (χ4n) is 1.59. The number of ketones is 1. The third-order valence-electron chi connectivity index (χ3n) is 2.60. The molecule has 2 rings (SSSR count). The Bertz CT molecular complexity index is 541. The fraction of sp³-hybridized carbons (Fsp3) is 0.400. The monoisotopic (exact) mass is 234 g/mol. The van der Waals surface area contributed by atoms with Crippen molar-refractivity contribution in [3.63, 3.8) is 0 Å². The van der Waals surface area contributed by atoms with Gasteiger partial charge in [-0.1, -0.05) is 0 Å².